The topological polar surface area (TPSA) is 41.8 Å². The molecule has 0 aliphatic rings. The van der Waals surface area contributed by atoms with E-state index < -0.39 is 11.3 Å². The Balaban J connectivity index is 1.87. The largest absolute Gasteiger partial charge is 0.411 e. The summed E-state index contributed by atoms with van der Waals surface area (Å²) in [5.74, 6) is -0.574. The van der Waals surface area contributed by atoms with Gasteiger partial charge in [0.25, 0.3) is 0 Å². The molecule has 3 nitrogen and oxygen atoms in total. The third-order valence-electron chi connectivity index (χ3n) is 4.63. The molecule has 1 unspecified atom stereocenters. The zero-order chi connectivity index (χ0) is 20.8. The maximum absolute atomic E-state index is 13.9. The van der Waals surface area contributed by atoms with Crippen LogP contribution in [0, 0.1) is 12.7 Å². The van der Waals surface area contributed by atoms with Gasteiger partial charge in [-0.15, -0.1) is 11.8 Å². The molecule has 0 amide bonds. The van der Waals surface area contributed by atoms with Crippen LogP contribution in [0.5, 0.6) is 0 Å². The number of hydrogen-bond donors (Lipinski definition) is 1. The molecule has 6 heteroatoms. The van der Waals surface area contributed by atoms with E-state index in [4.69, 9.17) is 16.3 Å². The third kappa shape index (κ3) is 4.99. The number of oxime groups is 1. The summed E-state index contributed by atoms with van der Waals surface area (Å²) in [7, 11) is 0. The molecule has 0 fully saturated rings. The Bertz CT molecular complexity index is 1010. The first-order valence-electron chi connectivity index (χ1n) is 9.00. The molecule has 1 N–H and O–H groups in total. The van der Waals surface area contributed by atoms with E-state index in [1.54, 1.807) is 6.07 Å². The van der Waals surface area contributed by atoms with Crippen molar-refractivity contribution in [2.45, 2.75) is 19.0 Å². The summed E-state index contributed by atoms with van der Waals surface area (Å²) in [4.78, 5) is 0. The van der Waals surface area contributed by atoms with Crippen molar-refractivity contribution in [1.82, 2.24) is 0 Å². The molecule has 1 atom stereocenters. The number of benzene rings is 3. The predicted octanol–water partition coefficient (Wildman–Crippen LogP) is 6.54. The van der Waals surface area contributed by atoms with E-state index >= 15 is 0 Å². The highest BCUT2D eigenvalue weighted by molar-refractivity contribution is 7.99. The molecule has 3 rings (SSSR count). The van der Waals surface area contributed by atoms with Crippen molar-refractivity contribution in [3.05, 3.63) is 94.3 Å². The lowest BCUT2D eigenvalue weighted by Crippen LogP contribution is -2.22. The minimum absolute atomic E-state index is 0.0140. The molecule has 150 valence electrons. The molecule has 0 aliphatic heterocycles. The van der Waals surface area contributed by atoms with Crippen LogP contribution in [0.3, 0.4) is 0 Å². The molecule has 0 saturated heterocycles. The fourth-order valence-corrected chi connectivity index (χ4v) is 3.82. The Hall–Kier alpha value is -2.34. The quantitative estimate of drug-likeness (QED) is 0.201. The van der Waals surface area contributed by atoms with Gasteiger partial charge in [0.2, 0.25) is 0 Å². The third-order valence-corrected chi connectivity index (χ3v) is 5.73. The van der Waals surface area contributed by atoms with Gasteiger partial charge in [0.15, 0.2) is 0 Å². The van der Waals surface area contributed by atoms with Gasteiger partial charge in [0.05, 0.1) is 11.6 Å². The SMILES string of the molecule is CSC(OCc1c(C)cccc1-c1ccccc1)/C(=N/O)c1ccc(Cl)c(F)c1. The van der Waals surface area contributed by atoms with Crippen LogP contribution in [0.2, 0.25) is 5.02 Å². The van der Waals surface area contributed by atoms with Crippen molar-refractivity contribution >= 4 is 29.1 Å². The number of thioether (sulfide) groups is 1. The smallest absolute Gasteiger partial charge is 0.149 e. The second-order valence-electron chi connectivity index (χ2n) is 6.46. The van der Waals surface area contributed by atoms with Crippen molar-refractivity contribution < 1.29 is 14.3 Å². The number of rotatable bonds is 7. The summed E-state index contributed by atoms with van der Waals surface area (Å²) in [6.45, 7) is 2.35. The van der Waals surface area contributed by atoms with Crippen LogP contribution in [0.4, 0.5) is 4.39 Å². The second-order valence-corrected chi connectivity index (χ2v) is 7.77. The fourth-order valence-electron chi connectivity index (χ4n) is 3.10. The van der Waals surface area contributed by atoms with Gasteiger partial charge in [-0.25, -0.2) is 4.39 Å². The standard InChI is InChI=1S/C23H21ClFNO2S/c1-15-7-6-10-18(16-8-4-3-5-9-16)19(15)14-28-23(29-2)22(26-27)17-11-12-20(24)21(25)13-17/h3-13,23,27H,14H2,1-2H3/b26-22+. The average molecular weight is 430 g/mol. The first-order valence-corrected chi connectivity index (χ1v) is 10.7. The summed E-state index contributed by atoms with van der Waals surface area (Å²) in [6, 6.07) is 20.5. The highest BCUT2D eigenvalue weighted by Gasteiger charge is 2.21. The van der Waals surface area contributed by atoms with Crippen LogP contribution in [0.25, 0.3) is 11.1 Å². The number of aryl methyl sites for hydroxylation is 1. The predicted molar refractivity (Wildman–Crippen MR) is 118 cm³/mol. The molecule has 0 bridgehead atoms. The number of ether oxygens (including phenoxy) is 1. The van der Waals surface area contributed by atoms with Crippen molar-refractivity contribution in [1.29, 1.82) is 0 Å². The lowest BCUT2D eigenvalue weighted by Gasteiger charge is -2.20. The summed E-state index contributed by atoms with van der Waals surface area (Å²) >= 11 is 7.13. The van der Waals surface area contributed by atoms with E-state index in [1.807, 2.05) is 43.5 Å². The zero-order valence-corrected chi connectivity index (χ0v) is 17.7. The van der Waals surface area contributed by atoms with Crippen LogP contribution in [0.1, 0.15) is 16.7 Å². The molecular weight excluding hydrogens is 409 g/mol. The van der Waals surface area contributed by atoms with Gasteiger partial charge < -0.3 is 9.94 Å². The Labute approximate surface area is 179 Å². The molecular formula is C23H21ClFNO2S. The van der Waals surface area contributed by atoms with Gasteiger partial charge in [-0.05, 0) is 47.6 Å². The minimum atomic E-state index is -0.580. The van der Waals surface area contributed by atoms with Gasteiger partial charge in [-0.1, -0.05) is 71.4 Å². The van der Waals surface area contributed by atoms with Crippen molar-refractivity contribution in [3.63, 3.8) is 0 Å². The maximum atomic E-state index is 13.9. The average Bonchev–Trinajstić information content (AvgIpc) is 2.74. The molecule has 0 saturated carbocycles. The van der Waals surface area contributed by atoms with Gasteiger partial charge in [0.1, 0.15) is 17.0 Å². The monoisotopic (exact) mass is 429 g/mol. The zero-order valence-electron chi connectivity index (χ0n) is 16.1. The summed E-state index contributed by atoms with van der Waals surface area (Å²) in [5, 5.41) is 13.0. The van der Waals surface area contributed by atoms with E-state index in [1.165, 1.54) is 23.9 Å². The molecule has 0 heterocycles. The normalized spacial score (nSPS) is 12.8. The highest BCUT2D eigenvalue weighted by Crippen LogP contribution is 2.28. The fraction of sp³-hybridized carbons (Fsp3) is 0.174. The van der Waals surface area contributed by atoms with E-state index in [0.717, 1.165) is 22.3 Å². The van der Waals surface area contributed by atoms with E-state index in [0.29, 0.717) is 12.2 Å². The number of halogens is 2. The van der Waals surface area contributed by atoms with Crippen molar-refractivity contribution in [2.24, 2.45) is 5.16 Å². The van der Waals surface area contributed by atoms with Crippen molar-refractivity contribution in [2.75, 3.05) is 6.26 Å². The molecule has 0 spiro atoms. The molecule has 0 radical (unpaired) electrons. The summed E-state index contributed by atoms with van der Waals surface area (Å²) in [6.07, 6.45) is 1.85. The Morgan fingerprint density at radius 2 is 1.90 bits per heavy atom. The van der Waals surface area contributed by atoms with Crippen molar-refractivity contribution in [3.8, 4) is 11.1 Å². The van der Waals surface area contributed by atoms with Crippen LogP contribution in [0.15, 0.2) is 71.9 Å². The van der Waals surface area contributed by atoms with E-state index in [2.05, 4.69) is 23.4 Å². The van der Waals surface area contributed by atoms with Crippen LogP contribution in [-0.2, 0) is 11.3 Å². The maximum Gasteiger partial charge on any atom is 0.149 e. The van der Waals surface area contributed by atoms with Crippen LogP contribution >= 0.6 is 23.4 Å². The van der Waals surface area contributed by atoms with E-state index in [-0.39, 0.29) is 10.7 Å². The Morgan fingerprint density at radius 3 is 2.55 bits per heavy atom. The Morgan fingerprint density at radius 1 is 1.14 bits per heavy atom. The number of hydrogen-bond acceptors (Lipinski definition) is 4. The molecule has 29 heavy (non-hydrogen) atoms. The lowest BCUT2D eigenvalue weighted by atomic mass is 9.96. The van der Waals surface area contributed by atoms with Gasteiger partial charge in [-0.2, -0.15) is 0 Å². The second kappa shape index (κ2) is 9.92. The van der Waals surface area contributed by atoms with Gasteiger partial charge in [-0.3, -0.25) is 0 Å². The minimum Gasteiger partial charge on any atom is -0.411 e. The van der Waals surface area contributed by atoms with Crippen LogP contribution in [-0.4, -0.2) is 22.6 Å². The molecule has 3 aromatic rings. The summed E-state index contributed by atoms with van der Waals surface area (Å²) in [5.41, 5.74) is 4.42. The molecule has 0 aromatic heterocycles. The van der Waals surface area contributed by atoms with E-state index in [9.17, 15) is 9.60 Å². The Kier molecular flexibility index (Phi) is 7.31. The summed E-state index contributed by atoms with van der Waals surface area (Å²) < 4.78 is 20.0. The number of nitrogens with zero attached hydrogens (tertiary/aromatic N) is 1. The first-order chi connectivity index (χ1) is 14.0. The molecule has 3 aromatic carbocycles. The first kappa shape index (κ1) is 21.4. The van der Waals surface area contributed by atoms with Gasteiger partial charge >= 0.3 is 0 Å². The van der Waals surface area contributed by atoms with Gasteiger partial charge in [0, 0.05) is 5.56 Å². The lowest BCUT2D eigenvalue weighted by molar-refractivity contribution is 0.134. The highest BCUT2D eigenvalue weighted by atomic mass is 35.5. The van der Waals surface area contributed by atoms with Crippen LogP contribution < -0.4 is 0 Å². The molecule has 0 aliphatic carbocycles.